The molecular formula is C22H21N3O3S. The minimum absolute atomic E-state index is 0.0394. The maximum absolute atomic E-state index is 11.9. The van der Waals surface area contributed by atoms with Gasteiger partial charge in [0.15, 0.2) is 0 Å². The van der Waals surface area contributed by atoms with E-state index in [1.165, 1.54) is 0 Å². The number of benzene rings is 2. The van der Waals surface area contributed by atoms with Crippen molar-refractivity contribution in [2.75, 3.05) is 0 Å². The third-order valence-electron chi connectivity index (χ3n) is 4.07. The lowest BCUT2D eigenvalue weighted by Crippen LogP contribution is -2.24. The quantitative estimate of drug-likeness (QED) is 0.441. The Morgan fingerprint density at radius 3 is 2.55 bits per heavy atom. The molecule has 4 rings (SSSR count). The predicted octanol–water partition coefficient (Wildman–Crippen LogP) is 4.82. The van der Waals surface area contributed by atoms with E-state index >= 15 is 0 Å². The van der Waals surface area contributed by atoms with E-state index in [1.54, 1.807) is 11.3 Å². The summed E-state index contributed by atoms with van der Waals surface area (Å²) in [5.74, 6) is 0.296. The maximum Gasteiger partial charge on any atom is 0.315 e. The van der Waals surface area contributed by atoms with Gasteiger partial charge in [-0.15, -0.1) is 21.5 Å². The van der Waals surface area contributed by atoms with Gasteiger partial charge < -0.3 is 9.15 Å². The summed E-state index contributed by atoms with van der Waals surface area (Å²) in [5, 5.41) is 8.90. The highest BCUT2D eigenvalue weighted by Crippen LogP contribution is 2.32. The summed E-state index contributed by atoms with van der Waals surface area (Å²) in [6, 6.07) is 16.4. The number of fused-ring (bicyclic) bond motifs is 1. The maximum atomic E-state index is 11.9. The summed E-state index contributed by atoms with van der Waals surface area (Å²) in [6.45, 7) is 5.46. The highest BCUT2D eigenvalue weighted by molar-refractivity contribution is 7.18. The minimum Gasteiger partial charge on any atom is -0.460 e. The molecule has 4 aromatic rings. The van der Waals surface area contributed by atoms with Crippen molar-refractivity contribution in [1.29, 1.82) is 0 Å². The van der Waals surface area contributed by atoms with Gasteiger partial charge >= 0.3 is 5.97 Å². The van der Waals surface area contributed by atoms with Crippen LogP contribution in [0.5, 0.6) is 0 Å². The van der Waals surface area contributed by atoms with Crippen LogP contribution in [0.15, 0.2) is 52.9 Å². The smallest absolute Gasteiger partial charge is 0.315 e. The molecule has 6 nitrogen and oxygen atoms in total. The molecule has 0 saturated carbocycles. The van der Waals surface area contributed by atoms with Gasteiger partial charge in [0.05, 0.1) is 16.6 Å². The molecule has 0 aliphatic carbocycles. The van der Waals surface area contributed by atoms with Crippen molar-refractivity contribution in [1.82, 2.24) is 15.2 Å². The second-order valence-electron chi connectivity index (χ2n) is 7.66. The number of thiazole rings is 1. The Hall–Kier alpha value is -3.06. The molecule has 0 aliphatic heterocycles. The Labute approximate surface area is 172 Å². The van der Waals surface area contributed by atoms with Crippen LogP contribution in [0.1, 0.15) is 37.6 Å². The Morgan fingerprint density at radius 1 is 1.03 bits per heavy atom. The van der Waals surface area contributed by atoms with Crippen LogP contribution in [-0.2, 0) is 22.4 Å². The Kier molecular flexibility index (Phi) is 5.15. The summed E-state index contributed by atoms with van der Waals surface area (Å²) in [5.41, 5.74) is 2.65. The van der Waals surface area contributed by atoms with E-state index in [4.69, 9.17) is 14.1 Å². The molecule has 0 aliphatic rings. The minimum atomic E-state index is -0.544. The zero-order valence-electron chi connectivity index (χ0n) is 16.5. The van der Waals surface area contributed by atoms with E-state index in [0.717, 1.165) is 26.4 Å². The molecule has 0 saturated heterocycles. The van der Waals surface area contributed by atoms with Gasteiger partial charge in [-0.25, -0.2) is 4.98 Å². The van der Waals surface area contributed by atoms with Crippen LogP contribution in [0.25, 0.3) is 21.3 Å². The highest BCUT2D eigenvalue weighted by atomic mass is 32.1. The Balaban J connectivity index is 1.52. The zero-order chi connectivity index (χ0) is 20.4. The van der Waals surface area contributed by atoms with Crippen LogP contribution in [0.2, 0.25) is 0 Å². The summed E-state index contributed by atoms with van der Waals surface area (Å²) >= 11 is 1.60. The van der Waals surface area contributed by atoms with Crippen LogP contribution < -0.4 is 0 Å². The Bertz CT molecular complexity index is 1140. The topological polar surface area (TPSA) is 78.1 Å². The number of hydrogen-bond acceptors (Lipinski definition) is 7. The van der Waals surface area contributed by atoms with Gasteiger partial charge in [-0.05, 0) is 32.4 Å². The van der Waals surface area contributed by atoms with Crippen LogP contribution in [0.4, 0.5) is 0 Å². The van der Waals surface area contributed by atoms with Crippen molar-refractivity contribution in [2.45, 2.75) is 39.2 Å². The van der Waals surface area contributed by atoms with E-state index in [0.29, 0.717) is 12.3 Å². The molecule has 0 fully saturated rings. The molecule has 0 amide bonds. The number of hydrogen-bond donors (Lipinski definition) is 0. The molecule has 2 aromatic heterocycles. The molecule has 0 unspecified atom stereocenters. The van der Waals surface area contributed by atoms with Crippen molar-refractivity contribution >= 4 is 27.5 Å². The highest BCUT2D eigenvalue weighted by Gasteiger charge is 2.20. The standard InChI is InChI=1S/C22H21N3O3S/c1-22(2,3)28-20(26)13-18-25-24-17(27-18)12-19-23-21-15(10-7-11-16(21)29-19)14-8-5-4-6-9-14/h4-11H,12-13H2,1-3H3. The largest absolute Gasteiger partial charge is 0.460 e. The molecule has 0 radical (unpaired) electrons. The van der Waals surface area contributed by atoms with Crippen LogP contribution >= 0.6 is 11.3 Å². The lowest BCUT2D eigenvalue weighted by atomic mass is 10.1. The summed E-state index contributed by atoms with van der Waals surface area (Å²) < 4.78 is 12.0. The molecule has 7 heteroatoms. The third-order valence-corrected chi connectivity index (χ3v) is 5.10. The molecule has 2 aromatic carbocycles. The fourth-order valence-corrected chi connectivity index (χ4v) is 3.97. The van der Waals surface area contributed by atoms with Crippen molar-refractivity contribution in [3.8, 4) is 11.1 Å². The molecule has 0 N–H and O–H groups in total. The van der Waals surface area contributed by atoms with Crippen molar-refractivity contribution in [3.63, 3.8) is 0 Å². The van der Waals surface area contributed by atoms with Gasteiger partial charge in [-0.3, -0.25) is 4.79 Å². The first-order chi connectivity index (χ1) is 13.9. The molecule has 2 heterocycles. The molecule has 0 spiro atoms. The molecule has 148 valence electrons. The number of ether oxygens (including phenoxy) is 1. The van der Waals surface area contributed by atoms with E-state index < -0.39 is 5.60 Å². The number of carbonyl (C=O) groups excluding carboxylic acids is 1. The second-order valence-corrected chi connectivity index (χ2v) is 8.77. The molecular weight excluding hydrogens is 386 g/mol. The average Bonchev–Trinajstić information content (AvgIpc) is 3.26. The first-order valence-corrected chi connectivity index (χ1v) is 10.2. The first kappa shape index (κ1) is 19.3. The number of para-hydroxylation sites is 1. The molecule has 29 heavy (non-hydrogen) atoms. The predicted molar refractivity (Wildman–Crippen MR) is 112 cm³/mol. The number of esters is 1. The second kappa shape index (κ2) is 7.75. The van der Waals surface area contributed by atoms with Crippen LogP contribution in [-0.4, -0.2) is 26.8 Å². The fourth-order valence-electron chi connectivity index (χ4n) is 2.98. The SMILES string of the molecule is CC(C)(C)OC(=O)Cc1nnc(Cc2nc3c(-c4ccccc4)cccc3s2)o1. The average molecular weight is 407 g/mol. The van der Waals surface area contributed by atoms with Gasteiger partial charge in [0.2, 0.25) is 11.8 Å². The zero-order valence-corrected chi connectivity index (χ0v) is 17.3. The normalized spacial score (nSPS) is 11.7. The third kappa shape index (κ3) is 4.68. The van der Waals surface area contributed by atoms with Gasteiger partial charge in [-0.2, -0.15) is 0 Å². The van der Waals surface area contributed by atoms with Crippen molar-refractivity contribution in [2.24, 2.45) is 0 Å². The van der Waals surface area contributed by atoms with E-state index in [9.17, 15) is 4.79 Å². The summed E-state index contributed by atoms with van der Waals surface area (Å²) in [6.07, 6.45) is 0.386. The number of aromatic nitrogens is 3. The van der Waals surface area contributed by atoms with Gasteiger partial charge in [0, 0.05) is 5.56 Å². The number of nitrogens with zero attached hydrogens (tertiary/aromatic N) is 3. The number of carbonyl (C=O) groups is 1. The monoisotopic (exact) mass is 407 g/mol. The van der Waals surface area contributed by atoms with Crippen LogP contribution in [0, 0.1) is 0 Å². The first-order valence-electron chi connectivity index (χ1n) is 9.34. The van der Waals surface area contributed by atoms with Gasteiger partial charge in [0.1, 0.15) is 17.0 Å². The lowest BCUT2D eigenvalue weighted by molar-refractivity contribution is -0.154. The van der Waals surface area contributed by atoms with Gasteiger partial charge in [-0.1, -0.05) is 42.5 Å². The van der Waals surface area contributed by atoms with E-state index in [-0.39, 0.29) is 18.3 Å². The lowest BCUT2D eigenvalue weighted by Gasteiger charge is -2.18. The van der Waals surface area contributed by atoms with Crippen molar-refractivity contribution in [3.05, 3.63) is 65.3 Å². The van der Waals surface area contributed by atoms with Crippen LogP contribution in [0.3, 0.4) is 0 Å². The van der Waals surface area contributed by atoms with Crippen molar-refractivity contribution < 1.29 is 13.9 Å². The summed E-state index contributed by atoms with van der Waals surface area (Å²) in [7, 11) is 0. The Morgan fingerprint density at radius 2 is 1.79 bits per heavy atom. The number of rotatable bonds is 5. The fraction of sp³-hybridized carbons (Fsp3) is 0.273. The van der Waals surface area contributed by atoms with E-state index in [2.05, 4.69) is 34.5 Å². The van der Waals surface area contributed by atoms with Gasteiger partial charge in [0.25, 0.3) is 0 Å². The summed E-state index contributed by atoms with van der Waals surface area (Å²) in [4.78, 5) is 16.7. The molecule has 0 atom stereocenters. The van der Waals surface area contributed by atoms with E-state index in [1.807, 2.05) is 45.0 Å². The molecule has 0 bridgehead atoms.